The van der Waals surface area contributed by atoms with E-state index in [0.717, 1.165) is 35.8 Å². The van der Waals surface area contributed by atoms with E-state index in [4.69, 9.17) is 4.84 Å². The molecule has 0 amide bonds. The van der Waals surface area contributed by atoms with Crippen molar-refractivity contribution in [3.63, 3.8) is 0 Å². The van der Waals surface area contributed by atoms with Gasteiger partial charge in [-0.1, -0.05) is 42.5 Å². The Balaban J connectivity index is 1.69. The van der Waals surface area contributed by atoms with Gasteiger partial charge in [0.05, 0.1) is 43.2 Å². The van der Waals surface area contributed by atoms with Crippen molar-refractivity contribution in [2.24, 2.45) is 5.92 Å². The molecule has 2 fully saturated rings. The maximum Gasteiger partial charge on any atom is 0.416 e. The smallest absolute Gasteiger partial charge is 0.294 e. The van der Waals surface area contributed by atoms with Crippen molar-refractivity contribution in [3.05, 3.63) is 89.5 Å². The predicted molar refractivity (Wildman–Crippen MR) is 177 cm³/mol. The molecule has 1 aliphatic heterocycles. The quantitative estimate of drug-likeness (QED) is 0.234. The van der Waals surface area contributed by atoms with Gasteiger partial charge in [-0.25, -0.2) is 25.3 Å². The van der Waals surface area contributed by atoms with E-state index < -0.39 is 86.6 Å². The van der Waals surface area contributed by atoms with Gasteiger partial charge < -0.3 is 0 Å². The van der Waals surface area contributed by atoms with Crippen LogP contribution in [0.25, 0.3) is 0 Å². The minimum atomic E-state index is -4.84. The molecule has 1 aliphatic carbocycles. The summed E-state index contributed by atoms with van der Waals surface area (Å²) in [5, 5.41) is 1.14. The fourth-order valence-corrected chi connectivity index (χ4v) is 9.84. The average Bonchev–Trinajstić information content (AvgIpc) is 3.87. The Kier molecular flexibility index (Phi) is 10.0. The molecule has 2 unspecified atom stereocenters. The maximum atomic E-state index is 14.5. The van der Waals surface area contributed by atoms with Crippen molar-refractivity contribution < 1.29 is 52.9 Å². The lowest BCUT2D eigenvalue weighted by Crippen LogP contribution is -2.59. The number of alkyl halides is 3. The number of sulfone groups is 3. The SMILES string of the molecule is CC(C)(C1CC(C(=O)c2ccccc2S(C)(=O)=O)N(OC2CC2)C(C(=O)c2ccccc2S(C)(=O)=O)C1)S(=O)(=O)c1cccc(C(F)(F)F)c1. The number of hydroxylamine groups is 2. The Bertz CT molecular complexity index is 2060. The van der Waals surface area contributed by atoms with Crippen LogP contribution in [0.2, 0.25) is 0 Å². The van der Waals surface area contributed by atoms with Gasteiger partial charge in [0.2, 0.25) is 0 Å². The number of hydrogen-bond acceptors (Lipinski definition) is 10. The molecule has 0 spiro atoms. The number of hydrogen-bond donors (Lipinski definition) is 0. The summed E-state index contributed by atoms with van der Waals surface area (Å²) in [6, 6.07) is 11.2. The van der Waals surface area contributed by atoms with Crippen molar-refractivity contribution in [1.82, 2.24) is 5.06 Å². The van der Waals surface area contributed by atoms with Crippen LogP contribution in [0.1, 0.15) is 65.8 Å². The molecular weight excluding hydrogens is 720 g/mol. The number of Topliss-reactive ketones (excluding diaryl/α,β-unsaturated/α-hetero) is 2. The molecule has 1 heterocycles. The molecule has 0 N–H and O–H groups in total. The highest BCUT2D eigenvalue weighted by atomic mass is 32.2. The first-order valence-corrected chi connectivity index (χ1v) is 20.9. The van der Waals surface area contributed by atoms with Crippen LogP contribution < -0.4 is 0 Å². The standard InChI is InChI=1S/C34H36F3NO9S3/c1-33(2,50(45,46)24-11-9-10-21(18-24)34(35,36)37)22-19-27(31(39)25-12-5-7-14-29(25)48(3,41)42)38(47-23-16-17-23)28(20-22)32(40)26-13-6-8-15-30(26)49(4,43)44/h5-15,18,22-23,27-28H,16-17,19-20H2,1-4H3. The highest BCUT2D eigenvalue weighted by molar-refractivity contribution is 7.93. The molecule has 1 saturated heterocycles. The summed E-state index contributed by atoms with van der Waals surface area (Å²) in [4.78, 5) is 33.9. The molecule has 270 valence electrons. The zero-order valence-corrected chi connectivity index (χ0v) is 30.0. The van der Waals surface area contributed by atoms with Gasteiger partial charge in [0.1, 0.15) is 0 Å². The van der Waals surface area contributed by atoms with E-state index in [1.165, 1.54) is 62.4 Å². The average molecular weight is 756 g/mol. The van der Waals surface area contributed by atoms with Crippen LogP contribution >= 0.6 is 0 Å². The Morgan fingerprint density at radius 1 is 0.720 bits per heavy atom. The molecule has 5 rings (SSSR count). The number of benzene rings is 3. The zero-order valence-electron chi connectivity index (χ0n) is 27.5. The van der Waals surface area contributed by atoms with Crippen LogP contribution in [0.15, 0.2) is 87.5 Å². The summed E-state index contributed by atoms with van der Waals surface area (Å²) in [6.45, 7) is 2.59. The predicted octanol–water partition coefficient (Wildman–Crippen LogP) is 5.37. The number of carbonyl (C=O) groups excluding carboxylic acids is 2. The first-order chi connectivity index (χ1) is 23.0. The topological polar surface area (TPSA) is 149 Å². The van der Waals surface area contributed by atoms with Crippen LogP contribution in [0.4, 0.5) is 13.2 Å². The Hall–Kier alpha value is -3.44. The Labute approximate surface area is 289 Å². The molecule has 1 saturated carbocycles. The Morgan fingerprint density at radius 3 is 1.60 bits per heavy atom. The minimum Gasteiger partial charge on any atom is -0.294 e. The van der Waals surface area contributed by atoms with Gasteiger partial charge >= 0.3 is 6.18 Å². The summed E-state index contributed by atoms with van der Waals surface area (Å²) in [5.41, 5.74) is -1.64. The second-order valence-electron chi connectivity index (χ2n) is 13.3. The number of halogens is 3. The molecule has 0 radical (unpaired) electrons. The van der Waals surface area contributed by atoms with E-state index in [9.17, 15) is 48.0 Å². The summed E-state index contributed by atoms with van der Waals surface area (Å²) in [5.74, 6) is -2.70. The van der Waals surface area contributed by atoms with Crippen molar-refractivity contribution >= 4 is 41.1 Å². The number of rotatable bonds is 11. The molecule has 3 aromatic carbocycles. The van der Waals surface area contributed by atoms with E-state index in [2.05, 4.69) is 0 Å². The molecule has 3 aromatic rings. The van der Waals surface area contributed by atoms with E-state index in [1.54, 1.807) is 0 Å². The summed E-state index contributed by atoms with van der Waals surface area (Å²) < 4.78 is 118. The third-order valence-corrected chi connectivity index (χ3v) is 14.2. The number of piperidine rings is 1. The first-order valence-electron chi connectivity index (χ1n) is 15.6. The zero-order chi connectivity index (χ0) is 37.0. The molecule has 16 heteroatoms. The van der Waals surface area contributed by atoms with Crippen LogP contribution in [0.5, 0.6) is 0 Å². The molecule has 2 aliphatic rings. The number of ketones is 2. The normalized spacial score (nSPS) is 21.1. The van der Waals surface area contributed by atoms with Gasteiger partial charge in [-0.15, -0.1) is 0 Å². The molecule has 0 aromatic heterocycles. The lowest BCUT2D eigenvalue weighted by Gasteiger charge is -2.47. The van der Waals surface area contributed by atoms with Gasteiger partial charge in [-0.05, 0) is 75.8 Å². The first kappa shape index (κ1) is 37.8. The number of nitrogens with zero attached hydrogens (tertiary/aromatic N) is 1. The third kappa shape index (κ3) is 7.45. The second kappa shape index (κ2) is 13.3. The van der Waals surface area contributed by atoms with Crippen LogP contribution in [-0.4, -0.2) is 77.3 Å². The summed E-state index contributed by atoms with van der Waals surface area (Å²) >= 11 is 0. The lowest BCUT2D eigenvalue weighted by atomic mass is 9.76. The van der Waals surface area contributed by atoms with Gasteiger partial charge in [0, 0.05) is 23.6 Å². The van der Waals surface area contributed by atoms with Crippen molar-refractivity contribution in [2.75, 3.05) is 12.5 Å². The van der Waals surface area contributed by atoms with Crippen molar-refractivity contribution in [1.29, 1.82) is 0 Å². The van der Waals surface area contributed by atoms with Crippen LogP contribution in [0, 0.1) is 5.92 Å². The van der Waals surface area contributed by atoms with Gasteiger partial charge in [-0.3, -0.25) is 14.4 Å². The minimum absolute atomic E-state index is 0.230. The van der Waals surface area contributed by atoms with E-state index in [-0.39, 0.29) is 33.8 Å². The molecule has 2 atom stereocenters. The van der Waals surface area contributed by atoms with Crippen molar-refractivity contribution in [2.45, 2.75) is 83.3 Å². The summed E-state index contributed by atoms with van der Waals surface area (Å²) in [7, 11) is -12.5. The molecule has 0 bridgehead atoms. The third-order valence-electron chi connectivity index (χ3n) is 9.28. The van der Waals surface area contributed by atoms with Crippen LogP contribution in [0.3, 0.4) is 0 Å². The van der Waals surface area contributed by atoms with E-state index in [0.29, 0.717) is 18.9 Å². The second-order valence-corrected chi connectivity index (χ2v) is 19.8. The Morgan fingerprint density at radius 2 is 1.18 bits per heavy atom. The fraction of sp³-hybridized carbons (Fsp3) is 0.412. The molecule has 10 nitrogen and oxygen atoms in total. The lowest BCUT2D eigenvalue weighted by molar-refractivity contribution is -0.219. The fourth-order valence-electron chi connectivity index (χ4n) is 6.27. The van der Waals surface area contributed by atoms with E-state index in [1.807, 2.05) is 0 Å². The van der Waals surface area contributed by atoms with Crippen LogP contribution in [-0.2, 0) is 40.5 Å². The highest BCUT2D eigenvalue weighted by Gasteiger charge is 2.53. The molecule has 50 heavy (non-hydrogen) atoms. The summed E-state index contributed by atoms with van der Waals surface area (Å²) in [6.07, 6.45) is -2.89. The monoisotopic (exact) mass is 755 g/mol. The number of carbonyl (C=O) groups is 2. The van der Waals surface area contributed by atoms with Gasteiger partial charge in [0.15, 0.2) is 41.1 Å². The highest BCUT2D eigenvalue weighted by Crippen LogP contribution is 2.45. The van der Waals surface area contributed by atoms with Gasteiger partial charge in [-0.2, -0.15) is 18.2 Å². The van der Waals surface area contributed by atoms with Gasteiger partial charge in [0.25, 0.3) is 0 Å². The largest absolute Gasteiger partial charge is 0.416 e. The molecular formula is C34H36F3NO9S3. The maximum absolute atomic E-state index is 14.5. The van der Waals surface area contributed by atoms with Crippen molar-refractivity contribution in [3.8, 4) is 0 Å². The van der Waals surface area contributed by atoms with E-state index >= 15 is 0 Å².